The SMILES string of the molecule is C[C@]12CCCN[C@@H]1CCCN2Cc1ccccn1. The quantitative estimate of drug-likeness (QED) is 0.865. The fourth-order valence-corrected chi connectivity index (χ4v) is 3.60. The molecule has 0 aromatic carbocycles. The Morgan fingerprint density at radius 1 is 1.44 bits per heavy atom. The van der Waals surface area contributed by atoms with Gasteiger partial charge < -0.3 is 5.32 Å². The number of nitrogens with one attached hydrogen (secondary N) is 1. The zero-order valence-corrected chi connectivity index (χ0v) is 11.2. The number of nitrogens with zero attached hydrogens (tertiary/aromatic N) is 2. The predicted octanol–water partition coefficient (Wildman–Crippen LogP) is 2.19. The highest BCUT2D eigenvalue weighted by atomic mass is 15.2. The summed E-state index contributed by atoms with van der Waals surface area (Å²) in [6, 6.07) is 6.89. The summed E-state index contributed by atoms with van der Waals surface area (Å²) < 4.78 is 0. The van der Waals surface area contributed by atoms with Gasteiger partial charge in [0.15, 0.2) is 0 Å². The Morgan fingerprint density at radius 2 is 2.39 bits per heavy atom. The molecule has 1 aromatic rings. The molecule has 3 heterocycles. The fourth-order valence-electron chi connectivity index (χ4n) is 3.60. The van der Waals surface area contributed by atoms with Crippen LogP contribution >= 0.6 is 0 Å². The van der Waals surface area contributed by atoms with Gasteiger partial charge in [-0.15, -0.1) is 0 Å². The van der Waals surface area contributed by atoms with Crippen molar-refractivity contribution in [2.45, 2.75) is 50.7 Å². The highest BCUT2D eigenvalue weighted by Crippen LogP contribution is 2.35. The number of rotatable bonds is 2. The number of hydrogen-bond donors (Lipinski definition) is 1. The lowest BCUT2D eigenvalue weighted by atomic mass is 9.77. The molecule has 2 fully saturated rings. The first-order valence-corrected chi connectivity index (χ1v) is 7.17. The first-order valence-electron chi connectivity index (χ1n) is 7.17. The van der Waals surface area contributed by atoms with Crippen molar-refractivity contribution in [1.82, 2.24) is 15.2 Å². The molecule has 2 aliphatic rings. The van der Waals surface area contributed by atoms with Crippen LogP contribution in [-0.2, 0) is 6.54 Å². The van der Waals surface area contributed by atoms with Gasteiger partial charge in [-0.1, -0.05) is 6.07 Å². The summed E-state index contributed by atoms with van der Waals surface area (Å²) in [4.78, 5) is 7.13. The normalized spacial score (nSPS) is 33.1. The van der Waals surface area contributed by atoms with Crippen LogP contribution in [0.2, 0.25) is 0 Å². The predicted molar refractivity (Wildman–Crippen MR) is 73.3 cm³/mol. The second-order valence-corrected chi connectivity index (χ2v) is 5.85. The molecular formula is C15H23N3. The van der Waals surface area contributed by atoms with E-state index in [1.165, 1.54) is 44.5 Å². The fraction of sp³-hybridized carbons (Fsp3) is 0.667. The van der Waals surface area contributed by atoms with Crippen LogP contribution in [0.5, 0.6) is 0 Å². The van der Waals surface area contributed by atoms with Gasteiger partial charge in [0, 0.05) is 24.3 Å². The summed E-state index contributed by atoms with van der Waals surface area (Å²) in [6.45, 7) is 5.84. The summed E-state index contributed by atoms with van der Waals surface area (Å²) in [7, 11) is 0. The topological polar surface area (TPSA) is 28.2 Å². The second kappa shape index (κ2) is 4.98. The van der Waals surface area contributed by atoms with Crippen molar-refractivity contribution in [3.8, 4) is 0 Å². The molecule has 18 heavy (non-hydrogen) atoms. The zero-order chi connectivity index (χ0) is 12.4. The molecule has 1 N–H and O–H groups in total. The van der Waals surface area contributed by atoms with Crippen molar-refractivity contribution in [3.63, 3.8) is 0 Å². The van der Waals surface area contributed by atoms with Crippen LogP contribution in [0.4, 0.5) is 0 Å². The molecule has 2 saturated heterocycles. The molecule has 0 unspecified atom stereocenters. The van der Waals surface area contributed by atoms with Gasteiger partial charge in [0.05, 0.1) is 5.69 Å². The van der Waals surface area contributed by atoms with Gasteiger partial charge in [0.25, 0.3) is 0 Å². The van der Waals surface area contributed by atoms with E-state index in [1.54, 1.807) is 0 Å². The molecule has 2 atom stereocenters. The molecule has 1 aromatic heterocycles. The number of fused-ring (bicyclic) bond motifs is 1. The van der Waals surface area contributed by atoms with Crippen LogP contribution < -0.4 is 5.32 Å². The average molecular weight is 245 g/mol. The van der Waals surface area contributed by atoms with E-state index in [0.717, 1.165) is 6.54 Å². The zero-order valence-electron chi connectivity index (χ0n) is 11.2. The van der Waals surface area contributed by atoms with E-state index in [9.17, 15) is 0 Å². The van der Waals surface area contributed by atoms with Crippen molar-refractivity contribution < 1.29 is 0 Å². The summed E-state index contributed by atoms with van der Waals surface area (Å²) in [5, 5.41) is 3.72. The molecule has 0 amide bonds. The summed E-state index contributed by atoms with van der Waals surface area (Å²) in [5.41, 5.74) is 1.53. The van der Waals surface area contributed by atoms with Crippen molar-refractivity contribution in [2.75, 3.05) is 13.1 Å². The van der Waals surface area contributed by atoms with Crippen LogP contribution in [0.15, 0.2) is 24.4 Å². The van der Waals surface area contributed by atoms with Gasteiger partial charge in [-0.05, 0) is 57.8 Å². The third-order valence-corrected chi connectivity index (χ3v) is 4.72. The van der Waals surface area contributed by atoms with Crippen LogP contribution in [0.25, 0.3) is 0 Å². The Hall–Kier alpha value is -0.930. The average Bonchev–Trinajstić information content (AvgIpc) is 2.41. The summed E-state index contributed by atoms with van der Waals surface area (Å²) >= 11 is 0. The molecule has 3 heteroatoms. The smallest absolute Gasteiger partial charge is 0.0544 e. The van der Waals surface area contributed by atoms with E-state index >= 15 is 0 Å². The molecule has 0 spiro atoms. The molecule has 98 valence electrons. The maximum absolute atomic E-state index is 4.48. The number of hydrogen-bond acceptors (Lipinski definition) is 3. The van der Waals surface area contributed by atoms with Crippen molar-refractivity contribution in [1.29, 1.82) is 0 Å². The van der Waals surface area contributed by atoms with E-state index < -0.39 is 0 Å². The van der Waals surface area contributed by atoms with Crippen molar-refractivity contribution in [2.24, 2.45) is 0 Å². The second-order valence-electron chi connectivity index (χ2n) is 5.85. The standard InChI is InChI=1S/C15H23N3/c1-15-8-5-10-17-14(15)7-4-11-18(15)12-13-6-2-3-9-16-13/h2-3,6,9,14,17H,4-5,7-8,10-12H2,1H3/t14-,15+/m1/s1. The van der Waals surface area contributed by atoms with Crippen LogP contribution in [0.1, 0.15) is 38.3 Å². The maximum Gasteiger partial charge on any atom is 0.0544 e. The Kier molecular flexibility index (Phi) is 3.35. The Morgan fingerprint density at radius 3 is 3.22 bits per heavy atom. The first-order chi connectivity index (χ1) is 8.79. The number of aromatic nitrogens is 1. The van der Waals surface area contributed by atoms with E-state index in [2.05, 4.69) is 34.3 Å². The van der Waals surface area contributed by atoms with Crippen molar-refractivity contribution in [3.05, 3.63) is 30.1 Å². The van der Waals surface area contributed by atoms with E-state index in [-0.39, 0.29) is 0 Å². The van der Waals surface area contributed by atoms with Crippen LogP contribution in [0, 0.1) is 0 Å². The van der Waals surface area contributed by atoms with Gasteiger partial charge in [0.2, 0.25) is 0 Å². The highest BCUT2D eigenvalue weighted by molar-refractivity contribution is 5.08. The molecule has 2 aliphatic heterocycles. The molecule has 0 radical (unpaired) electrons. The lowest BCUT2D eigenvalue weighted by Crippen LogP contribution is -2.64. The number of piperidine rings is 2. The third kappa shape index (κ3) is 2.17. The molecule has 0 saturated carbocycles. The first kappa shape index (κ1) is 12.1. The summed E-state index contributed by atoms with van der Waals surface area (Å²) in [6.07, 6.45) is 7.15. The number of likely N-dealkylation sites (tertiary alicyclic amines) is 1. The molecule has 3 nitrogen and oxygen atoms in total. The van der Waals surface area contributed by atoms with Gasteiger partial charge in [-0.3, -0.25) is 9.88 Å². The molecule has 0 bridgehead atoms. The van der Waals surface area contributed by atoms with E-state index in [1.807, 2.05) is 12.3 Å². The van der Waals surface area contributed by atoms with Gasteiger partial charge in [-0.2, -0.15) is 0 Å². The van der Waals surface area contributed by atoms with Crippen LogP contribution in [-0.4, -0.2) is 34.6 Å². The minimum absolute atomic E-state index is 0.327. The summed E-state index contributed by atoms with van der Waals surface area (Å²) in [5.74, 6) is 0. The molecule has 0 aliphatic carbocycles. The van der Waals surface area contributed by atoms with E-state index in [4.69, 9.17) is 0 Å². The Bertz CT molecular complexity index is 390. The van der Waals surface area contributed by atoms with Crippen molar-refractivity contribution >= 4 is 0 Å². The minimum atomic E-state index is 0.327. The molecular weight excluding hydrogens is 222 g/mol. The lowest BCUT2D eigenvalue weighted by Gasteiger charge is -2.53. The van der Waals surface area contributed by atoms with Gasteiger partial charge >= 0.3 is 0 Å². The minimum Gasteiger partial charge on any atom is -0.312 e. The Balaban J connectivity index is 1.78. The molecule has 3 rings (SSSR count). The lowest BCUT2D eigenvalue weighted by molar-refractivity contribution is -0.00185. The number of pyridine rings is 1. The highest BCUT2D eigenvalue weighted by Gasteiger charge is 2.43. The van der Waals surface area contributed by atoms with Crippen LogP contribution in [0.3, 0.4) is 0 Å². The van der Waals surface area contributed by atoms with E-state index in [0.29, 0.717) is 11.6 Å². The Labute approximate surface area is 110 Å². The van der Waals surface area contributed by atoms with Gasteiger partial charge in [-0.25, -0.2) is 0 Å². The largest absolute Gasteiger partial charge is 0.312 e. The maximum atomic E-state index is 4.48. The third-order valence-electron chi connectivity index (χ3n) is 4.72. The van der Waals surface area contributed by atoms with Gasteiger partial charge in [0.1, 0.15) is 0 Å². The monoisotopic (exact) mass is 245 g/mol.